The fourth-order valence-electron chi connectivity index (χ4n) is 2.87. The van der Waals surface area contributed by atoms with E-state index in [9.17, 15) is 13.2 Å². The van der Waals surface area contributed by atoms with Crippen LogP contribution in [0.2, 0.25) is 0 Å². The minimum atomic E-state index is -4.04. The average Bonchev–Trinajstić information content (AvgIpc) is 2.40. The molecule has 0 aliphatic heterocycles. The van der Waals surface area contributed by atoms with Crippen molar-refractivity contribution in [2.24, 2.45) is 11.8 Å². The van der Waals surface area contributed by atoms with Gasteiger partial charge in [0.2, 0.25) is 0 Å². The van der Waals surface area contributed by atoms with E-state index in [-0.39, 0.29) is 23.6 Å². The van der Waals surface area contributed by atoms with Crippen molar-refractivity contribution in [2.45, 2.75) is 43.1 Å². The third-order valence-electron chi connectivity index (χ3n) is 4.03. The van der Waals surface area contributed by atoms with Gasteiger partial charge in [0.25, 0.3) is 0 Å². The van der Waals surface area contributed by atoms with E-state index in [1.54, 1.807) is 0 Å². The molecule has 0 amide bonds. The summed E-state index contributed by atoms with van der Waals surface area (Å²) >= 11 is 6.99. The molecule has 0 spiro atoms. The summed E-state index contributed by atoms with van der Waals surface area (Å²) in [5.41, 5.74) is 1.16. The Kier molecular flexibility index (Phi) is 5.57. The average molecular weight is 414 g/mol. The summed E-state index contributed by atoms with van der Waals surface area (Å²) in [6.45, 7) is 0. The Morgan fingerprint density at radius 2 is 1.80 bits per heavy atom. The minimum Gasteiger partial charge on any atom is -0.171 e. The van der Waals surface area contributed by atoms with Crippen molar-refractivity contribution in [1.82, 2.24) is 0 Å². The third-order valence-corrected chi connectivity index (χ3v) is 5.63. The topological polar surface area (TPSA) is 0 Å². The Bertz CT molecular complexity index is 428. The first-order valence-electron chi connectivity index (χ1n) is 6.81. The quantitative estimate of drug-likeness (QED) is 0.523. The predicted octanol–water partition coefficient (Wildman–Crippen LogP) is 6.12. The first-order chi connectivity index (χ1) is 9.36. The molecule has 0 heterocycles. The maximum atomic E-state index is 12.8. The molecular weight excluding hydrogens is 397 g/mol. The highest BCUT2D eigenvalue weighted by Gasteiger charge is 2.43. The van der Waals surface area contributed by atoms with Gasteiger partial charge >= 0.3 is 6.18 Å². The zero-order chi connectivity index (χ0) is 14.8. The highest BCUT2D eigenvalue weighted by Crippen LogP contribution is 2.42. The van der Waals surface area contributed by atoms with Gasteiger partial charge in [-0.15, -0.1) is 0 Å². The van der Waals surface area contributed by atoms with Crippen LogP contribution in [0, 0.1) is 11.8 Å². The summed E-state index contributed by atoms with van der Waals surface area (Å²) in [6.07, 6.45) is -1.14. The number of benzene rings is 1. The molecule has 20 heavy (non-hydrogen) atoms. The molecule has 1 saturated carbocycles. The fourth-order valence-corrected chi connectivity index (χ4v) is 3.98. The van der Waals surface area contributed by atoms with Crippen LogP contribution in [-0.4, -0.2) is 11.0 Å². The largest absolute Gasteiger partial charge is 0.391 e. The van der Waals surface area contributed by atoms with Crippen molar-refractivity contribution in [3.8, 4) is 0 Å². The van der Waals surface area contributed by atoms with Gasteiger partial charge in [-0.3, -0.25) is 0 Å². The van der Waals surface area contributed by atoms with Crippen LogP contribution in [0.5, 0.6) is 0 Å². The maximum Gasteiger partial charge on any atom is 0.391 e. The van der Waals surface area contributed by atoms with E-state index in [0.717, 1.165) is 22.9 Å². The molecule has 0 N–H and O–H groups in total. The number of hydrogen-bond acceptors (Lipinski definition) is 0. The molecule has 5 heteroatoms. The highest BCUT2D eigenvalue weighted by atomic mass is 79.9. The first-order valence-corrected chi connectivity index (χ1v) is 8.52. The van der Waals surface area contributed by atoms with Gasteiger partial charge in [-0.2, -0.15) is 13.2 Å². The normalized spacial score (nSPS) is 25.4. The zero-order valence-electron chi connectivity index (χ0n) is 11.0. The number of hydrogen-bond donors (Lipinski definition) is 0. The van der Waals surface area contributed by atoms with Crippen molar-refractivity contribution in [2.75, 3.05) is 0 Å². The van der Waals surface area contributed by atoms with Gasteiger partial charge in [-0.25, -0.2) is 0 Å². The maximum absolute atomic E-state index is 12.8. The first kappa shape index (κ1) is 16.3. The second-order valence-corrected chi connectivity index (χ2v) is 7.60. The zero-order valence-corrected chi connectivity index (χ0v) is 14.1. The SMILES string of the molecule is FC(F)(F)C1CCCC(C(Br)Cc2ccc(Br)cc2)C1. The number of rotatable bonds is 3. The molecule has 0 aromatic heterocycles. The van der Waals surface area contributed by atoms with Gasteiger partial charge in [0.1, 0.15) is 0 Å². The summed E-state index contributed by atoms with van der Waals surface area (Å²) < 4.78 is 39.5. The van der Waals surface area contributed by atoms with Crippen LogP contribution in [0.3, 0.4) is 0 Å². The summed E-state index contributed by atoms with van der Waals surface area (Å²) in [7, 11) is 0. The van der Waals surface area contributed by atoms with Crippen LogP contribution in [0.25, 0.3) is 0 Å². The van der Waals surface area contributed by atoms with Gasteiger partial charge in [-0.05, 0) is 49.3 Å². The molecule has 1 fully saturated rings. The van der Waals surface area contributed by atoms with Gasteiger partial charge in [0.15, 0.2) is 0 Å². The molecule has 0 bridgehead atoms. The van der Waals surface area contributed by atoms with E-state index in [4.69, 9.17) is 0 Å². The van der Waals surface area contributed by atoms with Crippen molar-refractivity contribution in [3.63, 3.8) is 0 Å². The van der Waals surface area contributed by atoms with E-state index in [1.165, 1.54) is 0 Å². The molecule has 0 saturated heterocycles. The summed E-state index contributed by atoms with van der Waals surface area (Å²) in [4.78, 5) is 0.119. The second-order valence-electron chi connectivity index (χ2n) is 5.51. The molecule has 1 aliphatic rings. The number of alkyl halides is 4. The lowest BCUT2D eigenvalue weighted by Crippen LogP contribution is -2.32. The van der Waals surface area contributed by atoms with Gasteiger partial charge < -0.3 is 0 Å². The van der Waals surface area contributed by atoms with E-state index in [0.29, 0.717) is 6.42 Å². The molecular formula is C15H17Br2F3. The minimum absolute atomic E-state index is 0.110. The molecule has 112 valence electrons. The monoisotopic (exact) mass is 412 g/mol. The summed E-state index contributed by atoms with van der Waals surface area (Å²) in [6, 6.07) is 7.97. The standard InChI is InChI=1S/C15H17Br2F3/c16-13-6-4-10(5-7-13)8-14(17)11-2-1-3-12(9-11)15(18,19)20/h4-7,11-12,14H,1-3,8-9H2. The lowest BCUT2D eigenvalue weighted by atomic mass is 9.78. The van der Waals surface area contributed by atoms with Crippen LogP contribution in [0.4, 0.5) is 13.2 Å². The Labute approximate surface area is 134 Å². The Hall–Kier alpha value is -0.0300. The molecule has 0 radical (unpaired) electrons. The van der Waals surface area contributed by atoms with E-state index < -0.39 is 12.1 Å². The Morgan fingerprint density at radius 3 is 2.40 bits per heavy atom. The van der Waals surface area contributed by atoms with Crippen molar-refractivity contribution in [1.29, 1.82) is 0 Å². The smallest absolute Gasteiger partial charge is 0.171 e. The molecule has 1 aromatic rings. The Morgan fingerprint density at radius 1 is 1.15 bits per heavy atom. The van der Waals surface area contributed by atoms with Crippen molar-refractivity contribution in [3.05, 3.63) is 34.3 Å². The lowest BCUT2D eigenvalue weighted by Gasteiger charge is -2.33. The van der Waals surface area contributed by atoms with Gasteiger partial charge in [0, 0.05) is 9.30 Å². The van der Waals surface area contributed by atoms with E-state index in [2.05, 4.69) is 31.9 Å². The lowest BCUT2D eigenvalue weighted by molar-refractivity contribution is -0.185. The molecule has 1 aliphatic carbocycles. The highest BCUT2D eigenvalue weighted by molar-refractivity contribution is 9.10. The Balaban J connectivity index is 1.95. The fraction of sp³-hybridized carbons (Fsp3) is 0.600. The van der Waals surface area contributed by atoms with Crippen molar-refractivity contribution >= 4 is 31.9 Å². The second kappa shape index (κ2) is 6.82. The molecule has 0 nitrogen and oxygen atoms in total. The molecule has 3 unspecified atom stereocenters. The third kappa shape index (κ3) is 4.48. The van der Waals surface area contributed by atoms with Crippen molar-refractivity contribution < 1.29 is 13.2 Å². The van der Waals surface area contributed by atoms with Gasteiger partial charge in [-0.1, -0.05) is 50.4 Å². The van der Waals surface area contributed by atoms with Crippen LogP contribution >= 0.6 is 31.9 Å². The summed E-state index contributed by atoms with van der Waals surface area (Å²) in [5.74, 6) is -1.01. The van der Waals surface area contributed by atoms with Gasteiger partial charge in [0.05, 0.1) is 5.92 Å². The van der Waals surface area contributed by atoms with Crippen LogP contribution in [0.1, 0.15) is 31.2 Å². The van der Waals surface area contributed by atoms with Crippen LogP contribution in [-0.2, 0) is 6.42 Å². The number of halogens is 5. The molecule has 1 aromatic carbocycles. The van der Waals surface area contributed by atoms with Crippen LogP contribution in [0.15, 0.2) is 28.7 Å². The molecule has 2 rings (SSSR count). The van der Waals surface area contributed by atoms with E-state index >= 15 is 0 Å². The van der Waals surface area contributed by atoms with Crippen LogP contribution < -0.4 is 0 Å². The predicted molar refractivity (Wildman–Crippen MR) is 82.1 cm³/mol. The summed E-state index contributed by atoms with van der Waals surface area (Å²) in [5, 5.41) is 0. The molecule has 3 atom stereocenters. The van der Waals surface area contributed by atoms with E-state index in [1.807, 2.05) is 24.3 Å².